The van der Waals surface area contributed by atoms with Crippen molar-refractivity contribution in [3.8, 4) is 22.6 Å². The molecule has 1 aliphatic heterocycles. The van der Waals surface area contributed by atoms with Crippen LogP contribution in [0.5, 0.6) is 11.5 Å². The van der Waals surface area contributed by atoms with Gasteiger partial charge in [0.1, 0.15) is 11.5 Å². The highest BCUT2D eigenvalue weighted by Gasteiger charge is 2.39. The van der Waals surface area contributed by atoms with Crippen LogP contribution in [0.1, 0.15) is 60.2 Å². The summed E-state index contributed by atoms with van der Waals surface area (Å²) in [5.41, 5.74) is 7.23. The molecular formula is C49H51N3O6. The minimum absolute atomic E-state index is 0.0105. The molecule has 6 aromatic carbocycles. The number of carbonyl (C=O) groups excluding carboxylic acids is 1. The molecule has 298 valence electrons. The molecule has 9 heteroatoms. The van der Waals surface area contributed by atoms with Gasteiger partial charge in [0.15, 0.2) is 6.29 Å². The van der Waals surface area contributed by atoms with E-state index in [2.05, 4.69) is 34.6 Å². The van der Waals surface area contributed by atoms with E-state index < -0.39 is 12.4 Å². The number of aliphatic hydroxyl groups excluding tert-OH is 2. The first-order valence-electron chi connectivity index (χ1n) is 19.8. The molecule has 6 aromatic rings. The minimum Gasteiger partial charge on any atom is -0.457 e. The van der Waals surface area contributed by atoms with Gasteiger partial charge in [-0.25, -0.2) is 4.79 Å². The van der Waals surface area contributed by atoms with E-state index in [0.717, 1.165) is 44.7 Å². The summed E-state index contributed by atoms with van der Waals surface area (Å²) in [6.07, 6.45) is -1.77. The summed E-state index contributed by atoms with van der Waals surface area (Å²) in [6.45, 7) is 5.06. The predicted molar refractivity (Wildman–Crippen MR) is 227 cm³/mol. The summed E-state index contributed by atoms with van der Waals surface area (Å²) < 4.78 is 19.4. The molecule has 7 rings (SSSR count). The zero-order chi connectivity index (χ0) is 40.4. The molecule has 9 nitrogen and oxygen atoms in total. The first kappa shape index (κ1) is 40.4. The molecule has 0 aliphatic carbocycles. The number of hydrogen-bond acceptors (Lipinski definition) is 7. The van der Waals surface area contributed by atoms with Crippen LogP contribution in [0, 0.1) is 5.92 Å². The van der Waals surface area contributed by atoms with E-state index in [1.807, 2.05) is 147 Å². The molecule has 0 saturated carbocycles. The smallest absolute Gasteiger partial charge is 0.319 e. The van der Waals surface area contributed by atoms with E-state index in [4.69, 9.17) is 14.2 Å². The number of aliphatic hydroxyl groups is 2. The van der Waals surface area contributed by atoms with Gasteiger partial charge < -0.3 is 35.1 Å². The average molecular weight is 778 g/mol. The molecule has 1 fully saturated rings. The van der Waals surface area contributed by atoms with Gasteiger partial charge in [0, 0.05) is 36.3 Å². The number of anilines is 1. The van der Waals surface area contributed by atoms with Gasteiger partial charge in [-0.3, -0.25) is 4.90 Å². The maximum atomic E-state index is 12.9. The van der Waals surface area contributed by atoms with Crippen LogP contribution in [0.3, 0.4) is 0 Å². The molecule has 1 heterocycles. The Balaban J connectivity index is 1.03. The third-order valence-corrected chi connectivity index (χ3v) is 10.9. The molecular weight excluding hydrogens is 727 g/mol. The van der Waals surface area contributed by atoms with E-state index in [1.165, 1.54) is 0 Å². The van der Waals surface area contributed by atoms with Crippen molar-refractivity contribution in [3.63, 3.8) is 0 Å². The molecule has 0 radical (unpaired) electrons. The Morgan fingerprint density at radius 3 is 2.07 bits per heavy atom. The highest BCUT2D eigenvalue weighted by atomic mass is 16.7. The van der Waals surface area contributed by atoms with E-state index in [0.29, 0.717) is 24.5 Å². The van der Waals surface area contributed by atoms with Gasteiger partial charge in [-0.05, 0) is 83.8 Å². The quantitative estimate of drug-likeness (QED) is 0.0872. The van der Waals surface area contributed by atoms with Crippen molar-refractivity contribution in [1.82, 2.24) is 10.2 Å². The van der Waals surface area contributed by atoms with Crippen LogP contribution < -0.4 is 15.4 Å². The normalized spacial score (nSPS) is 18.9. The third kappa shape index (κ3) is 10.0. The molecule has 0 unspecified atom stereocenters. The SMILES string of the molecule is C[C@@H]1[C@H](CN(C)[C@H](C)[C@@H](O)c2ccccc2)O[C@H](c2ccc(-c3ccccc3CNC(=O)Nc3ccc(Oc4ccccc4)cc3)cc2)O[C@@H]1c1ccc(CO)cc1. The Hall–Kier alpha value is -5.81. The predicted octanol–water partition coefficient (Wildman–Crippen LogP) is 9.81. The maximum Gasteiger partial charge on any atom is 0.319 e. The van der Waals surface area contributed by atoms with E-state index >= 15 is 0 Å². The molecule has 4 N–H and O–H groups in total. The highest BCUT2D eigenvalue weighted by Crippen LogP contribution is 2.42. The molecule has 1 aliphatic rings. The largest absolute Gasteiger partial charge is 0.457 e. The zero-order valence-corrected chi connectivity index (χ0v) is 33.1. The van der Waals surface area contributed by atoms with Crippen molar-refractivity contribution < 1.29 is 29.2 Å². The van der Waals surface area contributed by atoms with Crippen molar-refractivity contribution in [2.75, 3.05) is 18.9 Å². The minimum atomic E-state index is -0.655. The number of likely N-dealkylation sites (N-methyl/N-ethyl adjacent to an activating group) is 1. The van der Waals surface area contributed by atoms with Crippen LogP contribution in [0.25, 0.3) is 11.1 Å². The number of urea groups is 1. The summed E-state index contributed by atoms with van der Waals surface area (Å²) >= 11 is 0. The summed E-state index contributed by atoms with van der Waals surface area (Å²) in [5, 5.41) is 26.8. The summed E-state index contributed by atoms with van der Waals surface area (Å²) in [6, 6.07) is 50.2. The summed E-state index contributed by atoms with van der Waals surface area (Å²) in [7, 11) is 2.02. The number of hydrogen-bond donors (Lipinski definition) is 4. The van der Waals surface area contributed by atoms with Crippen LogP contribution in [0.4, 0.5) is 10.5 Å². The standard InChI is InChI=1S/C49H51N3O6/c1-33-45(31-52(3)34(2)46(54)37-12-6-4-7-13-37)57-48(58-47(33)38-20-18-35(32-53)19-21-38)39-24-22-36(23-25-39)44-17-11-10-14-40(44)30-50-49(55)51-41-26-28-43(29-27-41)56-42-15-8-5-9-16-42/h4-29,33-34,45-48,53-54H,30-32H2,1-3H3,(H2,50,51,55)/t33-,34-,45+,46-,47+,48+/m1/s1. The molecule has 0 aromatic heterocycles. The van der Waals surface area contributed by atoms with Gasteiger partial charge in [-0.2, -0.15) is 0 Å². The molecule has 0 spiro atoms. The second-order valence-electron chi connectivity index (χ2n) is 14.9. The van der Waals surface area contributed by atoms with Crippen LogP contribution >= 0.6 is 0 Å². The number of rotatable bonds is 14. The molecule has 1 saturated heterocycles. The van der Waals surface area contributed by atoms with E-state index in [1.54, 1.807) is 12.1 Å². The summed E-state index contributed by atoms with van der Waals surface area (Å²) in [4.78, 5) is 15.1. The summed E-state index contributed by atoms with van der Waals surface area (Å²) in [5.74, 6) is 1.41. The van der Waals surface area contributed by atoms with Crippen molar-refractivity contribution >= 4 is 11.7 Å². The number of nitrogens with zero attached hydrogens (tertiary/aromatic N) is 1. The van der Waals surface area contributed by atoms with Gasteiger partial charge in [-0.15, -0.1) is 0 Å². The number of nitrogens with one attached hydrogen (secondary N) is 2. The molecule has 0 bridgehead atoms. The molecule has 6 atom stereocenters. The fraction of sp³-hybridized carbons (Fsp3) is 0.245. The number of para-hydroxylation sites is 1. The first-order valence-corrected chi connectivity index (χ1v) is 19.8. The lowest BCUT2D eigenvalue weighted by Crippen LogP contribution is -2.46. The van der Waals surface area contributed by atoms with Crippen molar-refractivity contribution in [1.29, 1.82) is 0 Å². The number of ether oxygens (including phenoxy) is 3. The zero-order valence-electron chi connectivity index (χ0n) is 33.1. The van der Waals surface area contributed by atoms with Crippen LogP contribution in [-0.4, -0.2) is 46.9 Å². The third-order valence-electron chi connectivity index (χ3n) is 10.9. The van der Waals surface area contributed by atoms with E-state index in [-0.39, 0.29) is 36.8 Å². The van der Waals surface area contributed by atoms with Crippen LogP contribution in [0.2, 0.25) is 0 Å². The monoisotopic (exact) mass is 777 g/mol. The molecule has 2 amide bonds. The second-order valence-corrected chi connectivity index (χ2v) is 14.9. The number of amides is 2. The van der Waals surface area contributed by atoms with Crippen LogP contribution in [-0.2, 0) is 22.6 Å². The average Bonchev–Trinajstić information content (AvgIpc) is 3.27. The fourth-order valence-corrected chi connectivity index (χ4v) is 7.31. The Morgan fingerprint density at radius 1 is 0.759 bits per heavy atom. The topological polar surface area (TPSA) is 113 Å². The van der Waals surface area contributed by atoms with Crippen LogP contribution in [0.15, 0.2) is 158 Å². The Bertz CT molecular complexity index is 2200. The lowest BCUT2D eigenvalue weighted by atomic mass is 9.89. The van der Waals surface area contributed by atoms with Crippen molar-refractivity contribution in [2.45, 2.75) is 57.6 Å². The Labute approximate surface area is 340 Å². The maximum absolute atomic E-state index is 12.9. The highest BCUT2D eigenvalue weighted by molar-refractivity contribution is 5.89. The van der Waals surface area contributed by atoms with Crippen molar-refractivity contribution in [2.24, 2.45) is 5.92 Å². The van der Waals surface area contributed by atoms with Crippen molar-refractivity contribution in [3.05, 3.63) is 186 Å². The second kappa shape index (κ2) is 19.1. The van der Waals surface area contributed by atoms with Gasteiger partial charge in [0.25, 0.3) is 0 Å². The van der Waals surface area contributed by atoms with Gasteiger partial charge >= 0.3 is 6.03 Å². The van der Waals surface area contributed by atoms with E-state index in [9.17, 15) is 15.0 Å². The Kier molecular flexibility index (Phi) is 13.3. The van der Waals surface area contributed by atoms with Gasteiger partial charge in [0.2, 0.25) is 0 Å². The fourth-order valence-electron chi connectivity index (χ4n) is 7.31. The molecule has 58 heavy (non-hydrogen) atoms. The lowest BCUT2D eigenvalue weighted by Gasteiger charge is -2.43. The first-order chi connectivity index (χ1) is 28.2. The number of benzene rings is 6. The van der Waals surface area contributed by atoms with Gasteiger partial charge in [-0.1, -0.05) is 128 Å². The van der Waals surface area contributed by atoms with Gasteiger partial charge in [0.05, 0.1) is 24.9 Å². The Morgan fingerprint density at radius 2 is 1.38 bits per heavy atom. The number of carbonyl (C=O) groups is 1. The lowest BCUT2D eigenvalue weighted by molar-refractivity contribution is -0.276.